The van der Waals surface area contributed by atoms with Gasteiger partial charge in [0.1, 0.15) is 0 Å². The van der Waals surface area contributed by atoms with Gasteiger partial charge in [-0.15, -0.1) is 0 Å². The molecule has 162 valence electrons. The number of hydrogen-bond donors (Lipinski definition) is 2. The molecule has 2 heterocycles. The van der Waals surface area contributed by atoms with Gasteiger partial charge in [-0.2, -0.15) is 0 Å². The third-order valence-electron chi connectivity index (χ3n) is 4.81. The number of nitrogens with zero attached hydrogens (tertiary/aromatic N) is 1. The summed E-state index contributed by atoms with van der Waals surface area (Å²) in [6, 6.07) is 6.66. The number of amides is 2. The van der Waals surface area contributed by atoms with Gasteiger partial charge in [0.05, 0.1) is 26.2 Å². The zero-order valence-electron chi connectivity index (χ0n) is 17.5. The minimum atomic E-state index is -0.613. The van der Waals surface area contributed by atoms with Crippen LogP contribution in [0.25, 0.3) is 11.0 Å². The standard InChI is InChI=1S/C22H23N3O6/c1-13-15-4-5-17(29-2)20(30-3)19(15)31-22(28)16(13)12-18(26)24-10-11-25-21(27)14-6-8-23-9-7-14/h4-9H,10-12H2,1-3H3,(H,24,26)(H,25,27). The van der Waals surface area contributed by atoms with Crippen molar-refractivity contribution >= 4 is 22.8 Å². The summed E-state index contributed by atoms with van der Waals surface area (Å²) in [6.07, 6.45) is 2.91. The maximum atomic E-state index is 12.5. The Bertz CT molecular complexity index is 1160. The highest BCUT2D eigenvalue weighted by molar-refractivity contribution is 5.94. The Kier molecular flexibility index (Phi) is 6.86. The summed E-state index contributed by atoms with van der Waals surface area (Å²) in [5.74, 6) is 0.151. The lowest BCUT2D eigenvalue weighted by atomic mass is 10.0. The quantitative estimate of drug-likeness (QED) is 0.415. The van der Waals surface area contributed by atoms with Crippen molar-refractivity contribution in [3.8, 4) is 11.5 Å². The zero-order chi connectivity index (χ0) is 22.4. The van der Waals surface area contributed by atoms with Gasteiger partial charge in [0.2, 0.25) is 11.7 Å². The van der Waals surface area contributed by atoms with Crippen LogP contribution in [0.4, 0.5) is 0 Å². The normalized spacial score (nSPS) is 10.5. The lowest BCUT2D eigenvalue weighted by molar-refractivity contribution is -0.120. The summed E-state index contributed by atoms with van der Waals surface area (Å²) in [5.41, 5.74) is 1.04. The molecule has 0 aliphatic carbocycles. The second-order valence-electron chi connectivity index (χ2n) is 6.69. The summed E-state index contributed by atoms with van der Waals surface area (Å²) in [6.45, 7) is 2.22. The fraction of sp³-hybridized carbons (Fsp3) is 0.273. The maximum absolute atomic E-state index is 12.5. The van der Waals surface area contributed by atoms with Crippen LogP contribution in [0, 0.1) is 6.92 Å². The minimum Gasteiger partial charge on any atom is -0.493 e. The van der Waals surface area contributed by atoms with E-state index in [1.807, 2.05) is 0 Å². The van der Waals surface area contributed by atoms with E-state index in [1.54, 1.807) is 31.2 Å². The molecule has 3 aromatic rings. The lowest BCUT2D eigenvalue weighted by Crippen LogP contribution is -2.36. The molecule has 0 aliphatic heterocycles. The van der Waals surface area contributed by atoms with Crippen LogP contribution in [-0.2, 0) is 11.2 Å². The van der Waals surface area contributed by atoms with Gasteiger partial charge >= 0.3 is 5.63 Å². The summed E-state index contributed by atoms with van der Waals surface area (Å²) >= 11 is 0. The first-order chi connectivity index (χ1) is 15.0. The number of aryl methyl sites for hydroxylation is 1. The number of carbonyl (C=O) groups excluding carboxylic acids is 2. The Hall–Kier alpha value is -3.88. The molecule has 2 aromatic heterocycles. The van der Waals surface area contributed by atoms with Crippen molar-refractivity contribution in [2.45, 2.75) is 13.3 Å². The van der Waals surface area contributed by atoms with Crippen LogP contribution in [-0.4, -0.2) is 44.1 Å². The van der Waals surface area contributed by atoms with Crippen LogP contribution in [0.3, 0.4) is 0 Å². The van der Waals surface area contributed by atoms with Crippen molar-refractivity contribution in [3.05, 3.63) is 63.8 Å². The van der Waals surface area contributed by atoms with Crippen molar-refractivity contribution < 1.29 is 23.5 Å². The molecule has 3 rings (SSSR count). The molecule has 9 nitrogen and oxygen atoms in total. The Labute approximate surface area is 178 Å². The first-order valence-electron chi connectivity index (χ1n) is 9.58. The van der Waals surface area contributed by atoms with E-state index in [4.69, 9.17) is 13.9 Å². The lowest BCUT2D eigenvalue weighted by Gasteiger charge is -2.13. The molecule has 0 atom stereocenters. The van der Waals surface area contributed by atoms with E-state index in [1.165, 1.54) is 26.6 Å². The molecule has 2 N–H and O–H groups in total. The predicted molar refractivity (Wildman–Crippen MR) is 114 cm³/mol. The molecular formula is C22H23N3O6. The Morgan fingerprint density at radius 2 is 1.74 bits per heavy atom. The van der Waals surface area contributed by atoms with E-state index < -0.39 is 5.63 Å². The smallest absolute Gasteiger partial charge is 0.340 e. The van der Waals surface area contributed by atoms with Gasteiger partial charge in [0.15, 0.2) is 11.3 Å². The molecule has 0 saturated heterocycles. The Balaban J connectivity index is 1.65. The summed E-state index contributed by atoms with van der Waals surface area (Å²) in [5, 5.41) is 6.05. The zero-order valence-corrected chi connectivity index (χ0v) is 17.5. The number of benzene rings is 1. The average molecular weight is 425 g/mol. The molecule has 0 saturated carbocycles. The van der Waals surface area contributed by atoms with E-state index in [9.17, 15) is 14.4 Å². The largest absolute Gasteiger partial charge is 0.493 e. The molecule has 9 heteroatoms. The number of hydrogen-bond acceptors (Lipinski definition) is 7. The number of nitrogens with one attached hydrogen (secondary N) is 2. The third kappa shape index (κ3) is 4.82. The molecular weight excluding hydrogens is 402 g/mol. The van der Waals surface area contributed by atoms with Gasteiger partial charge in [-0.3, -0.25) is 14.6 Å². The number of ether oxygens (including phenoxy) is 2. The monoisotopic (exact) mass is 425 g/mol. The molecule has 0 radical (unpaired) electrons. The first kappa shape index (κ1) is 21.8. The number of aromatic nitrogens is 1. The Morgan fingerprint density at radius 1 is 1.03 bits per heavy atom. The van der Waals surface area contributed by atoms with E-state index in [2.05, 4.69) is 15.6 Å². The second kappa shape index (κ2) is 9.75. The third-order valence-corrected chi connectivity index (χ3v) is 4.81. The van der Waals surface area contributed by atoms with Crippen LogP contribution in [0.15, 0.2) is 45.9 Å². The molecule has 0 fully saturated rings. The van der Waals surface area contributed by atoms with Gasteiger partial charge < -0.3 is 24.5 Å². The highest BCUT2D eigenvalue weighted by Crippen LogP contribution is 2.36. The van der Waals surface area contributed by atoms with E-state index in [0.717, 1.165) is 0 Å². The van der Waals surface area contributed by atoms with Crippen molar-refractivity contribution in [1.82, 2.24) is 15.6 Å². The number of carbonyl (C=O) groups is 2. The number of methoxy groups -OCH3 is 2. The second-order valence-corrected chi connectivity index (χ2v) is 6.69. The molecule has 31 heavy (non-hydrogen) atoms. The molecule has 0 spiro atoms. The van der Waals surface area contributed by atoms with Gasteiger partial charge in [-0.05, 0) is 36.8 Å². The Morgan fingerprint density at radius 3 is 2.42 bits per heavy atom. The molecule has 0 unspecified atom stereocenters. The van der Waals surface area contributed by atoms with Crippen molar-refractivity contribution in [1.29, 1.82) is 0 Å². The number of fused-ring (bicyclic) bond motifs is 1. The average Bonchev–Trinajstić information content (AvgIpc) is 2.79. The van der Waals surface area contributed by atoms with Crippen LogP contribution in [0.5, 0.6) is 11.5 Å². The molecule has 0 bridgehead atoms. The van der Waals surface area contributed by atoms with Crippen molar-refractivity contribution in [2.24, 2.45) is 0 Å². The van der Waals surface area contributed by atoms with Gasteiger partial charge in [0, 0.05) is 36.4 Å². The minimum absolute atomic E-state index is 0.142. The summed E-state index contributed by atoms with van der Waals surface area (Å²) in [7, 11) is 2.95. The highest BCUT2D eigenvalue weighted by Gasteiger charge is 2.19. The number of rotatable bonds is 8. The molecule has 1 aromatic carbocycles. The van der Waals surface area contributed by atoms with Gasteiger partial charge in [-0.25, -0.2) is 4.79 Å². The fourth-order valence-electron chi connectivity index (χ4n) is 3.18. The van der Waals surface area contributed by atoms with Crippen LogP contribution in [0.2, 0.25) is 0 Å². The van der Waals surface area contributed by atoms with E-state index >= 15 is 0 Å². The van der Waals surface area contributed by atoms with E-state index in [0.29, 0.717) is 28.0 Å². The summed E-state index contributed by atoms with van der Waals surface area (Å²) in [4.78, 5) is 40.7. The molecule has 2 amide bonds. The topological polar surface area (TPSA) is 120 Å². The van der Waals surface area contributed by atoms with Crippen molar-refractivity contribution in [2.75, 3.05) is 27.3 Å². The summed E-state index contributed by atoms with van der Waals surface area (Å²) < 4.78 is 16.0. The van der Waals surface area contributed by atoms with Crippen LogP contribution >= 0.6 is 0 Å². The van der Waals surface area contributed by atoms with Crippen LogP contribution < -0.4 is 25.7 Å². The fourth-order valence-corrected chi connectivity index (χ4v) is 3.18. The van der Waals surface area contributed by atoms with Crippen LogP contribution in [0.1, 0.15) is 21.5 Å². The van der Waals surface area contributed by atoms with Crippen molar-refractivity contribution in [3.63, 3.8) is 0 Å². The number of pyridine rings is 1. The maximum Gasteiger partial charge on any atom is 0.340 e. The highest BCUT2D eigenvalue weighted by atomic mass is 16.5. The predicted octanol–water partition coefficient (Wildman–Crippen LogP) is 1.60. The van der Waals surface area contributed by atoms with Gasteiger partial charge in [-0.1, -0.05) is 0 Å². The molecule has 0 aliphatic rings. The van der Waals surface area contributed by atoms with Gasteiger partial charge in [0.25, 0.3) is 5.91 Å². The first-order valence-corrected chi connectivity index (χ1v) is 9.58. The van der Waals surface area contributed by atoms with E-state index in [-0.39, 0.29) is 42.5 Å². The SMILES string of the molecule is COc1ccc2c(C)c(CC(=O)NCCNC(=O)c3ccncc3)c(=O)oc2c1OC.